The summed E-state index contributed by atoms with van der Waals surface area (Å²) >= 11 is 7.37. The van der Waals surface area contributed by atoms with E-state index in [9.17, 15) is 13.2 Å². The SMILES string of the molecule is CC[C@@H](Sc1ccc(Cl)cc1)C(=O)Nc1ccc(S(=O)(=O)Nc2ccccc2C)cc1. The Morgan fingerprint density at radius 2 is 1.65 bits per heavy atom. The largest absolute Gasteiger partial charge is 0.325 e. The molecule has 0 unspecified atom stereocenters. The van der Waals surface area contributed by atoms with Gasteiger partial charge in [0, 0.05) is 15.6 Å². The van der Waals surface area contributed by atoms with E-state index in [4.69, 9.17) is 11.6 Å². The van der Waals surface area contributed by atoms with Crippen molar-refractivity contribution in [2.45, 2.75) is 35.3 Å². The van der Waals surface area contributed by atoms with Crippen LogP contribution >= 0.6 is 23.4 Å². The predicted octanol–water partition coefficient (Wildman–Crippen LogP) is 5.96. The van der Waals surface area contributed by atoms with Gasteiger partial charge in [-0.15, -0.1) is 11.8 Å². The molecule has 0 bridgehead atoms. The second-order valence-electron chi connectivity index (χ2n) is 6.90. The Kier molecular flexibility index (Phi) is 7.64. The number of hydrogen-bond donors (Lipinski definition) is 2. The van der Waals surface area contributed by atoms with E-state index in [0.717, 1.165) is 10.5 Å². The fourth-order valence-electron chi connectivity index (χ4n) is 2.83. The minimum Gasteiger partial charge on any atom is -0.325 e. The smallest absolute Gasteiger partial charge is 0.261 e. The number of thioether (sulfide) groups is 1. The number of sulfonamides is 1. The topological polar surface area (TPSA) is 75.3 Å². The van der Waals surface area contributed by atoms with Crippen LogP contribution in [0.15, 0.2) is 82.6 Å². The number of benzene rings is 3. The van der Waals surface area contributed by atoms with E-state index in [1.807, 2.05) is 38.1 Å². The Bertz CT molecular complexity index is 1150. The first-order valence-electron chi connectivity index (χ1n) is 9.70. The van der Waals surface area contributed by atoms with Gasteiger partial charge in [-0.3, -0.25) is 9.52 Å². The maximum Gasteiger partial charge on any atom is 0.261 e. The van der Waals surface area contributed by atoms with Crippen LogP contribution in [0.2, 0.25) is 5.02 Å². The fraction of sp³-hybridized carbons (Fsp3) is 0.174. The molecule has 0 aliphatic heterocycles. The molecule has 0 radical (unpaired) electrons. The van der Waals surface area contributed by atoms with Gasteiger partial charge in [0.15, 0.2) is 0 Å². The molecule has 0 heterocycles. The summed E-state index contributed by atoms with van der Waals surface area (Å²) in [7, 11) is -3.72. The molecule has 0 fully saturated rings. The molecule has 0 aliphatic carbocycles. The van der Waals surface area contributed by atoms with Crippen molar-refractivity contribution in [2.24, 2.45) is 0 Å². The number of carbonyl (C=O) groups is 1. The van der Waals surface area contributed by atoms with Crippen molar-refractivity contribution in [3.63, 3.8) is 0 Å². The number of halogens is 1. The Morgan fingerprint density at radius 1 is 1.00 bits per heavy atom. The van der Waals surface area contributed by atoms with Gasteiger partial charge in [-0.2, -0.15) is 0 Å². The first-order valence-corrected chi connectivity index (χ1v) is 12.4. The molecule has 1 amide bonds. The molecule has 31 heavy (non-hydrogen) atoms. The van der Waals surface area contributed by atoms with Gasteiger partial charge in [0.25, 0.3) is 10.0 Å². The van der Waals surface area contributed by atoms with Crippen molar-refractivity contribution in [3.05, 3.63) is 83.4 Å². The van der Waals surface area contributed by atoms with Gasteiger partial charge in [0.2, 0.25) is 5.91 Å². The second kappa shape index (κ2) is 10.2. The van der Waals surface area contributed by atoms with Crippen molar-refractivity contribution >= 4 is 50.7 Å². The second-order valence-corrected chi connectivity index (χ2v) is 10.3. The quantitative estimate of drug-likeness (QED) is 0.395. The third-order valence-electron chi connectivity index (χ3n) is 4.58. The van der Waals surface area contributed by atoms with Gasteiger partial charge < -0.3 is 5.32 Å². The van der Waals surface area contributed by atoms with E-state index < -0.39 is 10.0 Å². The van der Waals surface area contributed by atoms with Crippen molar-refractivity contribution in [1.82, 2.24) is 0 Å². The lowest BCUT2D eigenvalue weighted by Gasteiger charge is -2.15. The summed E-state index contributed by atoms with van der Waals surface area (Å²) in [6, 6.07) is 20.6. The highest BCUT2D eigenvalue weighted by molar-refractivity contribution is 8.00. The number of hydrogen-bond acceptors (Lipinski definition) is 4. The predicted molar refractivity (Wildman–Crippen MR) is 128 cm³/mol. The molecule has 3 aromatic carbocycles. The number of carbonyl (C=O) groups excluding carboxylic acids is 1. The van der Waals surface area contributed by atoms with Gasteiger partial charge in [0.05, 0.1) is 15.8 Å². The van der Waals surface area contributed by atoms with Crippen LogP contribution in [-0.4, -0.2) is 19.6 Å². The maximum atomic E-state index is 12.7. The number of nitrogens with one attached hydrogen (secondary N) is 2. The van der Waals surface area contributed by atoms with Crippen molar-refractivity contribution in [3.8, 4) is 0 Å². The summed E-state index contributed by atoms with van der Waals surface area (Å²) in [4.78, 5) is 13.8. The standard InChI is InChI=1S/C23H23ClN2O3S2/c1-3-22(30-19-12-8-17(24)9-13-19)23(27)25-18-10-14-20(15-11-18)31(28,29)26-21-7-5-4-6-16(21)2/h4-15,22,26H,3H2,1-2H3,(H,25,27)/t22-/m1/s1. The highest BCUT2D eigenvalue weighted by atomic mass is 35.5. The molecule has 0 spiro atoms. The van der Waals surface area contributed by atoms with Gasteiger partial charge in [-0.05, 0) is 73.5 Å². The lowest BCUT2D eigenvalue weighted by atomic mass is 10.2. The molecule has 2 N–H and O–H groups in total. The van der Waals surface area contributed by atoms with Gasteiger partial charge >= 0.3 is 0 Å². The minimum atomic E-state index is -3.72. The molecule has 0 aliphatic rings. The van der Waals surface area contributed by atoms with Crippen LogP contribution in [0, 0.1) is 6.92 Å². The van der Waals surface area contributed by atoms with E-state index in [1.54, 1.807) is 36.4 Å². The zero-order valence-corrected chi connectivity index (χ0v) is 19.5. The Labute approximate surface area is 192 Å². The van der Waals surface area contributed by atoms with Crippen LogP contribution < -0.4 is 10.0 Å². The summed E-state index contributed by atoms with van der Waals surface area (Å²) < 4.78 is 27.9. The van der Waals surface area contributed by atoms with E-state index in [-0.39, 0.29) is 16.1 Å². The molecule has 5 nitrogen and oxygen atoms in total. The van der Waals surface area contributed by atoms with Crippen LogP contribution in [0.25, 0.3) is 0 Å². The summed E-state index contributed by atoms with van der Waals surface area (Å²) in [5.41, 5.74) is 1.90. The monoisotopic (exact) mass is 474 g/mol. The number of rotatable bonds is 8. The van der Waals surface area contributed by atoms with Gasteiger partial charge in [-0.1, -0.05) is 36.7 Å². The summed E-state index contributed by atoms with van der Waals surface area (Å²) in [5.74, 6) is -0.143. The van der Waals surface area contributed by atoms with Crippen molar-refractivity contribution < 1.29 is 13.2 Å². The lowest BCUT2D eigenvalue weighted by molar-refractivity contribution is -0.115. The maximum absolute atomic E-state index is 12.7. The average molecular weight is 475 g/mol. The Balaban J connectivity index is 1.67. The van der Waals surface area contributed by atoms with E-state index in [0.29, 0.717) is 22.8 Å². The third-order valence-corrected chi connectivity index (χ3v) is 7.59. The van der Waals surface area contributed by atoms with Crippen molar-refractivity contribution in [1.29, 1.82) is 0 Å². The van der Waals surface area contributed by atoms with Crippen molar-refractivity contribution in [2.75, 3.05) is 10.0 Å². The summed E-state index contributed by atoms with van der Waals surface area (Å²) in [6.45, 7) is 3.78. The van der Waals surface area contributed by atoms with Crippen LogP contribution in [0.4, 0.5) is 11.4 Å². The number of para-hydroxylation sites is 1. The molecule has 1 atom stereocenters. The number of anilines is 2. The first-order chi connectivity index (χ1) is 14.8. The van der Waals surface area contributed by atoms with E-state index in [1.165, 1.54) is 23.9 Å². The third kappa shape index (κ3) is 6.26. The highest BCUT2D eigenvalue weighted by Crippen LogP contribution is 2.28. The molecular weight excluding hydrogens is 452 g/mol. The molecule has 3 aromatic rings. The molecular formula is C23H23ClN2O3S2. The Hall–Kier alpha value is -2.48. The molecule has 0 aromatic heterocycles. The normalized spacial score (nSPS) is 12.2. The van der Waals surface area contributed by atoms with Gasteiger partial charge in [0.1, 0.15) is 0 Å². The lowest BCUT2D eigenvalue weighted by Crippen LogP contribution is -2.24. The van der Waals surface area contributed by atoms with E-state index in [2.05, 4.69) is 10.0 Å². The van der Waals surface area contributed by atoms with Gasteiger partial charge in [-0.25, -0.2) is 8.42 Å². The highest BCUT2D eigenvalue weighted by Gasteiger charge is 2.19. The molecule has 8 heteroatoms. The fourth-order valence-corrected chi connectivity index (χ4v) is 5.04. The first kappa shape index (κ1) is 23.2. The zero-order chi connectivity index (χ0) is 22.4. The molecule has 0 saturated heterocycles. The molecule has 3 rings (SSSR count). The van der Waals surface area contributed by atoms with Crippen LogP contribution in [0.1, 0.15) is 18.9 Å². The van der Waals surface area contributed by atoms with Crippen LogP contribution in [-0.2, 0) is 14.8 Å². The molecule has 0 saturated carbocycles. The number of amides is 1. The van der Waals surface area contributed by atoms with Crippen LogP contribution in [0.3, 0.4) is 0 Å². The molecule has 162 valence electrons. The summed E-state index contributed by atoms with van der Waals surface area (Å²) in [5, 5.41) is 3.22. The minimum absolute atomic E-state index is 0.122. The number of aryl methyl sites for hydroxylation is 1. The summed E-state index contributed by atoms with van der Waals surface area (Å²) in [6.07, 6.45) is 0.645. The average Bonchev–Trinajstić information content (AvgIpc) is 2.75. The van der Waals surface area contributed by atoms with Crippen LogP contribution in [0.5, 0.6) is 0 Å². The Morgan fingerprint density at radius 3 is 2.26 bits per heavy atom. The van der Waals surface area contributed by atoms with E-state index >= 15 is 0 Å². The zero-order valence-electron chi connectivity index (χ0n) is 17.1.